The maximum absolute atomic E-state index is 13.5. The Balaban J connectivity index is 2.39. The third-order valence-electron chi connectivity index (χ3n) is 2.82. The smallest absolute Gasteiger partial charge is 0.126 e. The highest BCUT2D eigenvalue weighted by atomic mass is 79.9. The predicted molar refractivity (Wildman–Crippen MR) is 74.7 cm³/mol. The van der Waals surface area contributed by atoms with Gasteiger partial charge in [-0.25, -0.2) is 4.39 Å². The van der Waals surface area contributed by atoms with Crippen LogP contribution in [-0.2, 0) is 6.42 Å². The van der Waals surface area contributed by atoms with Crippen LogP contribution >= 0.6 is 15.9 Å². The average molecular weight is 302 g/mol. The number of halogens is 2. The molecule has 0 aliphatic rings. The van der Waals surface area contributed by atoms with Crippen LogP contribution in [0.3, 0.4) is 0 Å². The maximum Gasteiger partial charge on any atom is 0.126 e. The minimum atomic E-state index is -0.0958. The van der Waals surface area contributed by atoms with Crippen molar-refractivity contribution >= 4 is 15.9 Å². The lowest BCUT2D eigenvalue weighted by Crippen LogP contribution is -2.18. The van der Waals surface area contributed by atoms with Gasteiger partial charge in [-0.1, -0.05) is 29.8 Å². The fraction of sp³-hybridized carbons (Fsp3) is 0.571. The highest BCUT2D eigenvalue weighted by Gasteiger charge is 2.08. The van der Waals surface area contributed by atoms with Crippen molar-refractivity contribution in [2.24, 2.45) is 5.92 Å². The van der Waals surface area contributed by atoms with Crippen molar-refractivity contribution in [3.05, 3.63) is 34.1 Å². The molecule has 0 fully saturated rings. The second kappa shape index (κ2) is 7.83. The van der Waals surface area contributed by atoms with Crippen molar-refractivity contribution in [3.8, 4) is 0 Å². The molecule has 3 heteroatoms. The van der Waals surface area contributed by atoms with E-state index in [0.717, 1.165) is 42.4 Å². The van der Waals surface area contributed by atoms with Gasteiger partial charge in [-0.05, 0) is 62.0 Å². The van der Waals surface area contributed by atoms with Gasteiger partial charge in [-0.15, -0.1) is 0 Å². The first-order valence-corrected chi connectivity index (χ1v) is 7.07. The lowest BCUT2D eigenvalue weighted by molar-refractivity contribution is 0.486. The molecular weight excluding hydrogens is 281 g/mol. The first-order valence-electron chi connectivity index (χ1n) is 6.28. The summed E-state index contributed by atoms with van der Waals surface area (Å²) >= 11 is 3.38. The number of hydrogen-bond donors (Lipinski definition) is 1. The molecule has 0 heterocycles. The Labute approximate surface area is 112 Å². The van der Waals surface area contributed by atoms with Gasteiger partial charge in [0.1, 0.15) is 5.82 Å². The Morgan fingerprint density at radius 1 is 1.35 bits per heavy atom. The zero-order valence-corrected chi connectivity index (χ0v) is 12.2. The molecule has 0 aliphatic carbocycles. The molecular formula is C14H21BrFN. The minimum absolute atomic E-state index is 0.0958. The average Bonchev–Trinajstić information content (AvgIpc) is 2.29. The Kier molecular flexibility index (Phi) is 6.75. The molecule has 0 aromatic heterocycles. The van der Waals surface area contributed by atoms with Crippen LogP contribution in [-0.4, -0.2) is 13.1 Å². The maximum atomic E-state index is 13.5. The standard InChI is InChI=1S/C14H21BrFN/c1-3-7-17-8-6-11(2)9-12-10-13(15)4-5-14(12)16/h4-5,10-11,17H,3,6-9H2,1-2H3. The van der Waals surface area contributed by atoms with Crippen LogP contribution in [0.1, 0.15) is 32.3 Å². The van der Waals surface area contributed by atoms with Crippen molar-refractivity contribution < 1.29 is 4.39 Å². The van der Waals surface area contributed by atoms with E-state index in [1.807, 2.05) is 6.07 Å². The van der Waals surface area contributed by atoms with Gasteiger partial charge in [0.2, 0.25) is 0 Å². The third-order valence-corrected chi connectivity index (χ3v) is 3.31. The second-order valence-corrected chi connectivity index (χ2v) is 5.50. The summed E-state index contributed by atoms with van der Waals surface area (Å²) in [6.45, 7) is 6.42. The molecule has 0 saturated carbocycles. The largest absolute Gasteiger partial charge is 0.317 e. The van der Waals surface area contributed by atoms with Crippen molar-refractivity contribution in [1.29, 1.82) is 0 Å². The van der Waals surface area contributed by atoms with Crippen LogP contribution in [0.2, 0.25) is 0 Å². The van der Waals surface area contributed by atoms with E-state index in [-0.39, 0.29) is 5.82 Å². The number of benzene rings is 1. The van der Waals surface area contributed by atoms with Crippen molar-refractivity contribution in [3.63, 3.8) is 0 Å². The normalized spacial score (nSPS) is 12.7. The minimum Gasteiger partial charge on any atom is -0.317 e. The first kappa shape index (κ1) is 14.7. The molecule has 96 valence electrons. The quantitative estimate of drug-likeness (QED) is 0.746. The summed E-state index contributed by atoms with van der Waals surface area (Å²) in [5, 5.41) is 3.37. The fourth-order valence-electron chi connectivity index (χ4n) is 1.83. The Hall–Kier alpha value is -0.410. The summed E-state index contributed by atoms with van der Waals surface area (Å²) < 4.78 is 14.5. The zero-order valence-electron chi connectivity index (χ0n) is 10.6. The summed E-state index contributed by atoms with van der Waals surface area (Å²) in [6.07, 6.45) is 3.06. The summed E-state index contributed by atoms with van der Waals surface area (Å²) in [5.74, 6) is 0.407. The second-order valence-electron chi connectivity index (χ2n) is 4.58. The fourth-order valence-corrected chi connectivity index (χ4v) is 2.24. The van der Waals surface area contributed by atoms with E-state index in [0.29, 0.717) is 5.92 Å². The molecule has 1 rings (SSSR count). The summed E-state index contributed by atoms with van der Waals surface area (Å²) in [6, 6.07) is 5.15. The number of nitrogens with one attached hydrogen (secondary N) is 1. The highest BCUT2D eigenvalue weighted by Crippen LogP contribution is 2.19. The number of rotatable bonds is 7. The van der Waals surface area contributed by atoms with Crippen molar-refractivity contribution in [1.82, 2.24) is 5.32 Å². The van der Waals surface area contributed by atoms with E-state index >= 15 is 0 Å². The SMILES string of the molecule is CCCNCCC(C)Cc1cc(Br)ccc1F. The van der Waals surface area contributed by atoms with Crippen molar-refractivity contribution in [2.75, 3.05) is 13.1 Å². The highest BCUT2D eigenvalue weighted by molar-refractivity contribution is 9.10. The molecule has 1 N–H and O–H groups in total. The summed E-state index contributed by atoms with van der Waals surface area (Å²) in [5.41, 5.74) is 0.808. The van der Waals surface area contributed by atoms with Crippen molar-refractivity contribution in [2.45, 2.75) is 33.1 Å². The molecule has 0 bridgehead atoms. The lowest BCUT2D eigenvalue weighted by atomic mass is 9.98. The van der Waals surface area contributed by atoms with Gasteiger partial charge in [0.05, 0.1) is 0 Å². The topological polar surface area (TPSA) is 12.0 Å². The van der Waals surface area contributed by atoms with E-state index in [4.69, 9.17) is 0 Å². The Morgan fingerprint density at radius 2 is 2.12 bits per heavy atom. The molecule has 17 heavy (non-hydrogen) atoms. The van der Waals surface area contributed by atoms with Crippen LogP contribution in [0.4, 0.5) is 4.39 Å². The monoisotopic (exact) mass is 301 g/mol. The molecule has 1 aromatic rings. The molecule has 0 amide bonds. The summed E-state index contributed by atoms with van der Waals surface area (Å²) in [7, 11) is 0. The molecule has 0 aliphatic heterocycles. The molecule has 1 atom stereocenters. The molecule has 1 unspecified atom stereocenters. The van der Waals surface area contributed by atoms with Crippen LogP contribution in [0.25, 0.3) is 0 Å². The van der Waals surface area contributed by atoms with Gasteiger partial charge in [0.15, 0.2) is 0 Å². The first-order chi connectivity index (χ1) is 8.13. The van der Waals surface area contributed by atoms with Gasteiger partial charge in [0.25, 0.3) is 0 Å². The van der Waals surface area contributed by atoms with E-state index in [9.17, 15) is 4.39 Å². The zero-order chi connectivity index (χ0) is 12.7. The summed E-state index contributed by atoms with van der Waals surface area (Å²) in [4.78, 5) is 0. The number of hydrogen-bond acceptors (Lipinski definition) is 1. The molecule has 0 spiro atoms. The lowest BCUT2D eigenvalue weighted by Gasteiger charge is -2.12. The van der Waals surface area contributed by atoms with Crippen LogP contribution in [0.5, 0.6) is 0 Å². The molecule has 1 nitrogen and oxygen atoms in total. The van der Waals surface area contributed by atoms with E-state index in [2.05, 4.69) is 35.1 Å². The molecule has 1 aromatic carbocycles. The van der Waals surface area contributed by atoms with Gasteiger partial charge >= 0.3 is 0 Å². The van der Waals surface area contributed by atoms with E-state index < -0.39 is 0 Å². The van der Waals surface area contributed by atoms with Crippen LogP contribution in [0, 0.1) is 11.7 Å². The molecule has 0 saturated heterocycles. The third kappa shape index (κ3) is 5.64. The van der Waals surface area contributed by atoms with Gasteiger partial charge in [0, 0.05) is 4.47 Å². The van der Waals surface area contributed by atoms with Gasteiger partial charge in [-0.3, -0.25) is 0 Å². The van der Waals surface area contributed by atoms with Crippen LogP contribution < -0.4 is 5.32 Å². The Bertz CT molecular complexity index is 341. The van der Waals surface area contributed by atoms with Crippen LogP contribution in [0.15, 0.2) is 22.7 Å². The van der Waals surface area contributed by atoms with Gasteiger partial charge < -0.3 is 5.32 Å². The Morgan fingerprint density at radius 3 is 2.82 bits per heavy atom. The van der Waals surface area contributed by atoms with E-state index in [1.54, 1.807) is 6.07 Å². The molecule has 0 radical (unpaired) electrons. The predicted octanol–water partition coefficient (Wildman–Crippen LogP) is 4.16. The van der Waals surface area contributed by atoms with Gasteiger partial charge in [-0.2, -0.15) is 0 Å². The van der Waals surface area contributed by atoms with E-state index in [1.165, 1.54) is 6.07 Å².